The predicted octanol–water partition coefficient (Wildman–Crippen LogP) is 7.07. The van der Waals surface area contributed by atoms with E-state index in [1.807, 2.05) is 62.5 Å². The molecule has 0 aliphatic carbocycles. The van der Waals surface area contributed by atoms with Crippen LogP contribution in [0.2, 0.25) is 0 Å². The van der Waals surface area contributed by atoms with Gasteiger partial charge in [0.2, 0.25) is 0 Å². The molecule has 5 rings (SSSR count). The van der Waals surface area contributed by atoms with Crippen LogP contribution < -0.4 is 5.32 Å². The molecule has 0 radical (unpaired) electrons. The zero-order chi connectivity index (χ0) is 28.4. The highest BCUT2D eigenvalue weighted by molar-refractivity contribution is 7.17. The number of carbonyl (C=O) groups excluding carboxylic acids is 1. The molecule has 0 spiro atoms. The number of nitrogens with zero attached hydrogens (tertiary/aromatic N) is 6. The molecule has 3 heterocycles. The fraction of sp³-hybridized carbons (Fsp3) is 0.207. The number of hydrogen-bond acceptors (Lipinski definition) is 8. The molecule has 1 N–H and O–H groups in total. The summed E-state index contributed by atoms with van der Waals surface area (Å²) >= 11 is 0.800. The number of carbonyl (C=O) groups is 1. The molecule has 0 bridgehead atoms. The SMILES string of the molecule is CCC(C)C=Nc1cc(-c2nc(NC(=O)c3ccc([N+](=O)[O-])s3)c3cnn(-c4ccc(C)cc4)c3n2)ccc1C. The van der Waals surface area contributed by atoms with Crippen LogP contribution in [-0.4, -0.2) is 36.8 Å². The summed E-state index contributed by atoms with van der Waals surface area (Å²) in [5.41, 5.74) is 4.97. The third-order valence-corrected chi connectivity index (χ3v) is 7.55. The van der Waals surface area contributed by atoms with Crippen molar-refractivity contribution in [2.45, 2.75) is 34.1 Å². The van der Waals surface area contributed by atoms with Crippen LogP contribution in [0.1, 0.15) is 41.1 Å². The van der Waals surface area contributed by atoms with Crippen LogP contribution in [-0.2, 0) is 0 Å². The summed E-state index contributed by atoms with van der Waals surface area (Å²) in [4.78, 5) is 38.2. The van der Waals surface area contributed by atoms with Crippen molar-refractivity contribution in [3.63, 3.8) is 0 Å². The summed E-state index contributed by atoms with van der Waals surface area (Å²) < 4.78 is 1.70. The smallest absolute Gasteiger partial charge is 0.305 e. The summed E-state index contributed by atoms with van der Waals surface area (Å²) in [6.45, 7) is 8.23. The number of nitro groups is 1. The van der Waals surface area contributed by atoms with Gasteiger partial charge in [0.05, 0.1) is 32.8 Å². The van der Waals surface area contributed by atoms with Gasteiger partial charge < -0.3 is 5.32 Å². The van der Waals surface area contributed by atoms with Gasteiger partial charge in [0.25, 0.3) is 5.91 Å². The van der Waals surface area contributed by atoms with Crippen molar-refractivity contribution < 1.29 is 9.72 Å². The van der Waals surface area contributed by atoms with E-state index in [2.05, 4.69) is 24.3 Å². The lowest BCUT2D eigenvalue weighted by atomic mass is 10.1. The third-order valence-electron chi connectivity index (χ3n) is 6.51. The molecule has 202 valence electrons. The second-order valence-electron chi connectivity index (χ2n) is 9.54. The lowest BCUT2D eigenvalue weighted by molar-refractivity contribution is -0.380. The van der Waals surface area contributed by atoms with Crippen LogP contribution in [0.4, 0.5) is 16.5 Å². The first-order chi connectivity index (χ1) is 19.2. The summed E-state index contributed by atoms with van der Waals surface area (Å²) in [5, 5.41) is 18.9. The third kappa shape index (κ3) is 5.50. The largest absolute Gasteiger partial charge is 0.324 e. The molecule has 40 heavy (non-hydrogen) atoms. The topological polar surface area (TPSA) is 128 Å². The standard InChI is InChI=1S/C29H27N7O3S/c1-5-17(2)15-30-23-14-20(9-8-19(23)4)26-32-27(34-29(37)24-12-13-25(40-24)36(38)39)22-16-31-35(28(22)33-26)21-10-6-18(3)7-11-21/h6-17H,5H2,1-4H3,(H,32,33,34,37). The van der Waals surface area contributed by atoms with Crippen LogP contribution in [0.5, 0.6) is 0 Å². The highest BCUT2D eigenvalue weighted by Crippen LogP contribution is 2.31. The van der Waals surface area contributed by atoms with Gasteiger partial charge in [-0.2, -0.15) is 5.10 Å². The number of fused-ring (bicyclic) bond motifs is 1. The summed E-state index contributed by atoms with van der Waals surface area (Å²) in [6.07, 6.45) is 4.53. The zero-order valence-corrected chi connectivity index (χ0v) is 23.3. The highest BCUT2D eigenvalue weighted by Gasteiger charge is 2.20. The minimum Gasteiger partial charge on any atom is -0.305 e. The number of aromatic nitrogens is 4. The van der Waals surface area contributed by atoms with E-state index in [0.717, 1.165) is 45.8 Å². The van der Waals surface area contributed by atoms with Gasteiger partial charge in [0.1, 0.15) is 5.82 Å². The van der Waals surface area contributed by atoms with E-state index in [1.54, 1.807) is 10.9 Å². The maximum Gasteiger partial charge on any atom is 0.324 e. The molecule has 0 fully saturated rings. The van der Waals surface area contributed by atoms with E-state index in [9.17, 15) is 14.9 Å². The Kier molecular flexibility index (Phi) is 7.47. The van der Waals surface area contributed by atoms with Crippen molar-refractivity contribution in [3.8, 4) is 17.1 Å². The average molecular weight is 554 g/mol. The Balaban J connectivity index is 1.63. The molecular weight excluding hydrogens is 526 g/mol. The van der Waals surface area contributed by atoms with Crippen molar-refractivity contribution in [1.82, 2.24) is 19.7 Å². The van der Waals surface area contributed by atoms with E-state index < -0.39 is 10.8 Å². The maximum absolute atomic E-state index is 13.1. The highest BCUT2D eigenvalue weighted by atomic mass is 32.1. The molecule has 2 aromatic carbocycles. The first-order valence-corrected chi connectivity index (χ1v) is 13.6. The van der Waals surface area contributed by atoms with Gasteiger partial charge >= 0.3 is 5.00 Å². The van der Waals surface area contributed by atoms with Gasteiger partial charge in [-0.3, -0.25) is 19.9 Å². The van der Waals surface area contributed by atoms with E-state index >= 15 is 0 Å². The van der Waals surface area contributed by atoms with Crippen molar-refractivity contribution >= 4 is 51.0 Å². The van der Waals surface area contributed by atoms with Crippen molar-refractivity contribution in [1.29, 1.82) is 0 Å². The molecule has 1 atom stereocenters. The van der Waals surface area contributed by atoms with Gasteiger partial charge in [-0.05, 0) is 56.0 Å². The first kappa shape index (κ1) is 26.8. The van der Waals surface area contributed by atoms with Crippen molar-refractivity contribution in [3.05, 3.63) is 86.9 Å². The van der Waals surface area contributed by atoms with Gasteiger partial charge in [-0.15, -0.1) is 0 Å². The Morgan fingerprint density at radius 3 is 2.62 bits per heavy atom. The zero-order valence-electron chi connectivity index (χ0n) is 22.5. The number of rotatable bonds is 8. The van der Waals surface area contributed by atoms with Gasteiger partial charge in [0, 0.05) is 17.8 Å². The molecule has 3 aromatic heterocycles. The molecule has 1 unspecified atom stereocenters. The van der Waals surface area contributed by atoms with Crippen LogP contribution in [0.15, 0.2) is 65.8 Å². The average Bonchev–Trinajstić information content (AvgIpc) is 3.61. The molecular formula is C29H27N7O3S. The molecule has 1 amide bonds. The molecule has 0 aliphatic heterocycles. The Bertz CT molecular complexity index is 1760. The van der Waals surface area contributed by atoms with E-state index in [4.69, 9.17) is 15.0 Å². The fourth-order valence-electron chi connectivity index (χ4n) is 3.92. The Morgan fingerprint density at radius 1 is 1.15 bits per heavy atom. The summed E-state index contributed by atoms with van der Waals surface area (Å²) in [5.74, 6) is 0.475. The summed E-state index contributed by atoms with van der Waals surface area (Å²) in [7, 11) is 0. The monoisotopic (exact) mass is 553 g/mol. The van der Waals surface area contributed by atoms with Gasteiger partial charge in [0.15, 0.2) is 11.5 Å². The molecule has 11 heteroatoms. The molecule has 0 saturated heterocycles. The quantitative estimate of drug-likeness (QED) is 0.124. The van der Waals surface area contributed by atoms with Crippen molar-refractivity contribution in [2.24, 2.45) is 10.9 Å². The number of amides is 1. The minimum absolute atomic E-state index is 0.115. The molecule has 5 aromatic rings. The van der Waals surface area contributed by atoms with Crippen LogP contribution in [0.3, 0.4) is 0 Å². The van der Waals surface area contributed by atoms with E-state index in [0.29, 0.717) is 22.8 Å². The van der Waals surface area contributed by atoms with Crippen molar-refractivity contribution in [2.75, 3.05) is 5.32 Å². The number of anilines is 1. The van der Waals surface area contributed by atoms with E-state index in [-0.39, 0.29) is 15.7 Å². The summed E-state index contributed by atoms with van der Waals surface area (Å²) in [6, 6.07) is 16.4. The van der Waals surface area contributed by atoms with Gasteiger partial charge in [-0.1, -0.05) is 55.0 Å². The Hall–Kier alpha value is -4.77. The Labute approximate surface area is 234 Å². The number of thiophene rings is 1. The minimum atomic E-state index is -0.521. The van der Waals surface area contributed by atoms with Crippen LogP contribution in [0, 0.1) is 29.9 Å². The number of benzene rings is 2. The lowest BCUT2D eigenvalue weighted by Gasteiger charge is -2.10. The number of aryl methyl sites for hydroxylation is 2. The number of nitrogens with one attached hydrogen (secondary N) is 1. The number of aliphatic imine (C=N–C) groups is 1. The lowest BCUT2D eigenvalue weighted by Crippen LogP contribution is -2.12. The molecule has 10 nitrogen and oxygen atoms in total. The Morgan fingerprint density at radius 2 is 1.93 bits per heavy atom. The van der Waals surface area contributed by atoms with Crippen LogP contribution >= 0.6 is 11.3 Å². The maximum atomic E-state index is 13.1. The number of hydrogen-bond donors (Lipinski definition) is 1. The fourth-order valence-corrected chi connectivity index (χ4v) is 4.64. The molecule has 0 saturated carbocycles. The normalized spacial score (nSPS) is 12.2. The van der Waals surface area contributed by atoms with E-state index in [1.165, 1.54) is 12.1 Å². The molecule has 0 aliphatic rings. The van der Waals surface area contributed by atoms with Gasteiger partial charge in [-0.25, -0.2) is 14.6 Å². The van der Waals surface area contributed by atoms with Crippen LogP contribution in [0.25, 0.3) is 28.1 Å². The first-order valence-electron chi connectivity index (χ1n) is 12.8. The second-order valence-corrected chi connectivity index (χ2v) is 10.6. The second kappa shape index (κ2) is 11.1. The predicted molar refractivity (Wildman–Crippen MR) is 158 cm³/mol.